The molecule has 0 radical (unpaired) electrons. The molecule has 1 aliphatic carbocycles. The predicted molar refractivity (Wildman–Crippen MR) is 178 cm³/mol. The maximum Gasteiger partial charge on any atom is 0.213 e. The molecule has 3 heterocycles. The Bertz CT molecular complexity index is 1710. The van der Waals surface area contributed by atoms with Gasteiger partial charge in [0.15, 0.2) is 5.71 Å². The number of nitrogens with zero attached hydrogens (tertiary/aromatic N) is 6. The summed E-state index contributed by atoms with van der Waals surface area (Å²) < 4.78 is 4.23. The minimum atomic E-state index is -0.0606. The molecule has 6 nitrogen and oxygen atoms in total. The van der Waals surface area contributed by atoms with Gasteiger partial charge < -0.3 is 4.90 Å². The first-order chi connectivity index (χ1) is 20.7. The number of fused-ring (bicyclic) bond motifs is 2. The molecule has 3 aromatic rings. The van der Waals surface area contributed by atoms with Crippen LogP contribution < -0.4 is 4.90 Å². The van der Waals surface area contributed by atoms with Gasteiger partial charge in [-0.3, -0.25) is 0 Å². The predicted octanol–water partition coefficient (Wildman–Crippen LogP) is 8.02. The first-order valence-corrected chi connectivity index (χ1v) is 16.3. The van der Waals surface area contributed by atoms with Crippen molar-refractivity contribution in [1.29, 1.82) is 0 Å². The van der Waals surface area contributed by atoms with E-state index in [-0.39, 0.29) is 10.8 Å². The molecule has 0 fully saturated rings. The van der Waals surface area contributed by atoms with Crippen LogP contribution in [-0.4, -0.2) is 43.6 Å². The number of anilines is 1. The lowest BCUT2D eigenvalue weighted by Gasteiger charge is -2.26. The molecule has 0 N–H and O–H groups in total. The number of tetrazole rings is 1. The smallest absolute Gasteiger partial charge is 0.213 e. The molecule has 7 heteroatoms. The van der Waals surface area contributed by atoms with Crippen LogP contribution in [0.25, 0.3) is 0 Å². The summed E-state index contributed by atoms with van der Waals surface area (Å²) >= 11 is 1.69. The van der Waals surface area contributed by atoms with E-state index in [1.54, 1.807) is 16.4 Å². The standard InChI is InChI=1S/C36H43N6S/c1-8-41-29-19-12-10-17-27(29)35(3,4)31(41)23-21-25-15-14-16-26(33(25)43-34-37-38-39-40(34)7)22-24-32-36(5,6)28-18-11-13-20-30(28)42(32)9-2/h10-13,17-24H,8-9,14-16H2,1-7H3/q+1. The molecule has 6 rings (SSSR count). The summed E-state index contributed by atoms with van der Waals surface area (Å²) in [5.74, 6) is 0. The van der Waals surface area contributed by atoms with Gasteiger partial charge in [-0.2, -0.15) is 4.58 Å². The number of allylic oxidation sites excluding steroid dienone is 7. The van der Waals surface area contributed by atoms with Crippen molar-refractivity contribution >= 4 is 28.8 Å². The van der Waals surface area contributed by atoms with E-state index in [9.17, 15) is 0 Å². The lowest BCUT2D eigenvalue weighted by molar-refractivity contribution is -0.433. The molecule has 0 saturated carbocycles. The molecule has 1 aromatic heterocycles. The molecule has 0 saturated heterocycles. The summed E-state index contributed by atoms with van der Waals surface area (Å²) in [6, 6.07) is 17.7. The fourth-order valence-corrected chi connectivity index (χ4v) is 8.10. The van der Waals surface area contributed by atoms with Crippen molar-refractivity contribution in [2.45, 2.75) is 76.8 Å². The average Bonchev–Trinajstić information content (AvgIpc) is 3.58. The number of aromatic nitrogens is 4. The SMILES string of the molecule is CCN1/C(=C/C=C2\CCCC(C=CC3=[N+](CC)c4ccccc4C3(C)C)=C2Sc2nnnn2C)C(C)(C)c2ccccc21. The Balaban J connectivity index is 1.44. The molecule has 0 bridgehead atoms. The molecule has 2 aromatic carbocycles. The van der Waals surface area contributed by atoms with E-state index >= 15 is 0 Å². The van der Waals surface area contributed by atoms with Crippen LogP contribution in [0.5, 0.6) is 0 Å². The van der Waals surface area contributed by atoms with E-state index in [2.05, 4.69) is 139 Å². The number of benzene rings is 2. The summed E-state index contributed by atoms with van der Waals surface area (Å²) in [4.78, 5) is 3.74. The Morgan fingerprint density at radius 3 is 2.37 bits per heavy atom. The highest BCUT2D eigenvalue weighted by Gasteiger charge is 2.43. The van der Waals surface area contributed by atoms with Gasteiger partial charge >= 0.3 is 0 Å². The molecule has 222 valence electrons. The third kappa shape index (κ3) is 5.01. The number of thioether (sulfide) groups is 1. The van der Waals surface area contributed by atoms with Gasteiger partial charge in [0, 0.05) is 53.0 Å². The summed E-state index contributed by atoms with van der Waals surface area (Å²) in [6.45, 7) is 15.7. The molecule has 3 aliphatic rings. The second kappa shape index (κ2) is 11.4. The second-order valence-electron chi connectivity index (χ2n) is 12.6. The summed E-state index contributed by atoms with van der Waals surface area (Å²) in [6.07, 6.45) is 12.6. The minimum absolute atomic E-state index is 0.0606. The van der Waals surface area contributed by atoms with Crippen molar-refractivity contribution in [3.63, 3.8) is 0 Å². The summed E-state index contributed by atoms with van der Waals surface area (Å²) in [5, 5.41) is 13.2. The van der Waals surface area contributed by atoms with Gasteiger partial charge in [0.05, 0.1) is 5.41 Å². The van der Waals surface area contributed by atoms with Crippen molar-refractivity contribution in [2.75, 3.05) is 18.0 Å². The lowest BCUT2D eigenvalue weighted by Crippen LogP contribution is -2.27. The highest BCUT2D eigenvalue weighted by molar-refractivity contribution is 8.03. The second-order valence-corrected chi connectivity index (χ2v) is 13.6. The molecule has 43 heavy (non-hydrogen) atoms. The zero-order valence-electron chi connectivity index (χ0n) is 26.6. The molecular weight excluding hydrogens is 549 g/mol. The Morgan fingerprint density at radius 2 is 1.65 bits per heavy atom. The van der Waals surface area contributed by atoms with Crippen molar-refractivity contribution in [3.05, 3.63) is 106 Å². The van der Waals surface area contributed by atoms with E-state index in [1.807, 2.05) is 7.05 Å². The van der Waals surface area contributed by atoms with Crippen LogP contribution in [0.4, 0.5) is 11.4 Å². The fraction of sp³-hybridized carbons (Fsp3) is 0.389. The van der Waals surface area contributed by atoms with Gasteiger partial charge in [-0.15, -0.1) is 5.10 Å². The van der Waals surface area contributed by atoms with Gasteiger partial charge in [-0.25, -0.2) is 4.68 Å². The minimum Gasteiger partial charge on any atom is -0.344 e. The zero-order chi connectivity index (χ0) is 30.4. The maximum absolute atomic E-state index is 4.35. The van der Waals surface area contributed by atoms with E-state index in [0.29, 0.717) is 0 Å². The number of aryl methyl sites for hydroxylation is 1. The van der Waals surface area contributed by atoms with Crippen molar-refractivity contribution in [3.8, 4) is 0 Å². The van der Waals surface area contributed by atoms with Crippen molar-refractivity contribution < 1.29 is 4.58 Å². The Kier molecular flexibility index (Phi) is 7.80. The molecular formula is C36H43N6S+. The maximum atomic E-state index is 4.35. The van der Waals surface area contributed by atoms with Gasteiger partial charge in [-0.05, 0) is 98.0 Å². The van der Waals surface area contributed by atoms with Crippen LogP contribution in [0.2, 0.25) is 0 Å². The van der Waals surface area contributed by atoms with Crippen molar-refractivity contribution in [1.82, 2.24) is 20.2 Å². The van der Waals surface area contributed by atoms with Gasteiger partial charge in [0.1, 0.15) is 6.54 Å². The van der Waals surface area contributed by atoms with Crippen LogP contribution in [0.1, 0.15) is 71.9 Å². The summed E-state index contributed by atoms with van der Waals surface area (Å²) in [7, 11) is 1.91. The summed E-state index contributed by atoms with van der Waals surface area (Å²) in [5.41, 5.74) is 10.7. The van der Waals surface area contributed by atoms with E-state index in [0.717, 1.165) is 37.5 Å². The topological polar surface area (TPSA) is 49.9 Å². The molecule has 0 spiro atoms. The third-order valence-electron chi connectivity index (χ3n) is 9.37. The van der Waals surface area contributed by atoms with Gasteiger partial charge in [0.25, 0.3) is 0 Å². The van der Waals surface area contributed by atoms with Gasteiger partial charge in [-0.1, -0.05) is 62.4 Å². The van der Waals surface area contributed by atoms with E-state index in [4.69, 9.17) is 0 Å². The highest BCUT2D eigenvalue weighted by atomic mass is 32.2. The Morgan fingerprint density at radius 1 is 0.907 bits per heavy atom. The first kappa shape index (κ1) is 29.4. The quantitative estimate of drug-likeness (QED) is 0.261. The largest absolute Gasteiger partial charge is 0.344 e. The number of rotatable bonds is 7. The van der Waals surface area contributed by atoms with E-state index < -0.39 is 0 Å². The molecule has 0 amide bonds. The zero-order valence-corrected chi connectivity index (χ0v) is 27.4. The van der Waals surface area contributed by atoms with Crippen LogP contribution in [0.15, 0.2) is 99.7 Å². The normalized spacial score (nSPS) is 21.0. The molecule has 2 aliphatic heterocycles. The van der Waals surface area contributed by atoms with Crippen LogP contribution in [0.3, 0.4) is 0 Å². The Hall–Kier alpha value is -3.71. The first-order valence-electron chi connectivity index (χ1n) is 15.5. The monoisotopic (exact) mass is 591 g/mol. The molecule has 0 unspecified atom stereocenters. The third-order valence-corrected chi connectivity index (χ3v) is 10.6. The van der Waals surface area contributed by atoms with Crippen LogP contribution >= 0.6 is 11.8 Å². The number of hydrogen-bond donors (Lipinski definition) is 0. The molecule has 0 atom stereocenters. The van der Waals surface area contributed by atoms with Crippen LogP contribution in [0, 0.1) is 0 Å². The van der Waals surface area contributed by atoms with Crippen LogP contribution in [-0.2, 0) is 17.9 Å². The number of likely N-dealkylation sites (N-methyl/N-ethyl adjacent to an activating group) is 1. The highest BCUT2D eigenvalue weighted by Crippen LogP contribution is 2.48. The van der Waals surface area contributed by atoms with E-state index in [1.165, 1.54) is 50.0 Å². The fourth-order valence-electron chi connectivity index (χ4n) is 7.07. The van der Waals surface area contributed by atoms with Crippen molar-refractivity contribution in [2.24, 2.45) is 7.05 Å². The number of hydrogen-bond acceptors (Lipinski definition) is 5. The average molecular weight is 592 g/mol. The lowest BCUT2D eigenvalue weighted by atomic mass is 9.81. The Labute approximate surface area is 260 Å². The number of para-hydroxylation sites is 2. The van der Waals surface area contributed by atoms with Gasteiger partial charge in [0.2, 0.25) is 10.8 Å².